The topological polar surface area (TPSA) is 45.9 Å². The van der Waals surface area contributed by atoms with Crippen molar-refractivity contribution < 1.29 is 23.1 Å². The molecule has 8 heteroatoms. The first kappa shape index (κ1) is 14.2. The summed E-state index contributed by atoms with van der Waals surface area (Å²) in [6.07, 6.45) is -3.61. The Kier molecular flexibility index (Phi) is 3.35. The SMILES string of the molecule is O=C1CC(N[NH+]2N=C(C(F)(F)F)C=C2Cl)c2ccccc21. The van der Waals surface area contributed by atoms with Gasteiger partial charge in [0.25, 0.3) is 0 Å². The lowest BCUT2D eigenvalue weighted by Crippen LogP contribution is -3.11. The highest BCUT2D eigenvalue weighted by Crippen LogP contribution is 2.30. The van der Waals surface area contributed by atoms with Gasteiger partial charge in [-0.2, -0.15) is 13.2 Å². The van der Waals surface area contributed by atoms with Crippen molar-refractivity contribution in [1.29, 1.82) is 0 Å². The van der Waals surface area contributed by atoms with Gasteiger partial charge in [0, 0.05) is 12.0 Å². The van der Waals surface area contributed by atoms with E-state index in [9.17, 15) is 18.0 Å². The minimum atomic E-state index is -4.55. The van der Waals surface area contributed by atoms with Crippen molar-refractivity contribution in [3.05, 3.63) is 46.6 Å². The second-order valence-electron chi connectivity index (χ2n) is 4.75. The molecule has 0 fully saturated rings. The molecule has 1 heterocycles. The van der Waals surface area contributed by atoms with Crippen LogP contribution in [0.15, 0.2) is 40.6 Å². The number of nitrogens with one attached hydrogen (secondary N) is 2. The Hall–Kier alpha value is -1.70. The number of carbonyl (C=O) groups is 1. The molecule has 3 rings (SSSR count). The lowest BCUT2D eigenvalue weighted by Gasteiger charge is -2.15. The summed E-state index contributed by atoms with van der Waals surface area (Å²) in [5.41, 5.74) is 3.10. The Morgan fingerprint density at radius 2 is 2.05 bits per heavy atom. The second-order valence-corrected chi connectivity index (χ2v) is 5.15. The average molecular weight is 317 g/mol. The van der Waals surface area contributed by atoms with Crippen LogP contribution in [-0.2, 0) is 0 Å². The second kappa shape index (κ2) is 4.94. The molecule has 0 bridgehead atoms. The minimum absolute atomic E-state index is 0.0539. The van der Waals surface area contributed by atoms with Crippen LogP contribution in [-0.4, -0.2) is 17.7 Å². The van der Waals surface area contributed by atoms with E-state index < -0.39 is 17.9 Å². The number of alkyl halides is 3. The summed E-state index contributed by atoms with van der Waals surface area (Å²) in [5, 5.41) is 3.29. The normalized spacial score (nSPS) is 24.9. The van der Waals surface area contributed by atoms with Crippen LogP contribution in [0, 0.1) is 0 Å². The molecule has 2 N–H and O–H groups in total. The fraction of sp³-hybridized carbons (Fsp3) is 0.231. The highest BCUT2D eigenvalue weighted by molar-refractivity contribution is 6.30. The number of hydrogen-bond acceptors (Lipinski definition) is 3. The van der Waals surface area contributed by atoms with Crippen molar-refractivity contribution in [2.24, 2.45) is 5.10 Å². The van der Waals surface area contributed by atoms with Gasteiger partial charge in [-0.1, -0.05) is 34.5 Å². The van der Waals surface area contributed by atoms with Crippen LogP contribution < -0.4 is 10.5 Å². The number of fused-ring (bicyclic) bond motifs is 1. The van der Waals surface area contributed by atoms with Crippen LogP contribution >= 0.6 is 11.6 Å². The number of benzene rings is 1. The summed E-state index contributed by atoms with van der Waals surface area (Å²) in [5.74, 6) is -0.0539. The molecule has 0 saturated heterocycles. The third kappa shape index (κ3) is 2.59. The predicted octanol–water partition coefficient (Wildman–Crippen LogP) is 1.72. The maximum absolute atomic E-state index is 12.6. The number of quaternary nitrogens is 1. The van der Waals surface area contributed by atoms with Gasteiger partial charge < -0.3 is 0 Å². The number of halogens is 4. The van der Waals surface area contributed by atoms with Crippen LogP contribution in [0.25, 0.3) is 0 Å². The smallest absolute Gasteiger partial charge is 0.294 e. The number of rotatable bonds is 2. The summed E-state index contributed by atoms with van der Waals surface area (Å²) >= 11 is 5.78. The average Bonchev–Trinajstić information content (AvgIpc) is 2.93. The fourth-order valence-electron chi connectivity index (χ4n) is 2.39. The Morgan fingerprint density at radius 3 is 2.71 bits per heavy atom. The molecule has 110 valence electrons. The first-order valence-electron chi connectivity index (χ1n) is 6.15. The van der Waals surface area contributed by atoms with E-state index in [0.29, 0.717) is 5.56 Å². The van der Waals surface area contributed by atoms with E-state index >= 15 is 0 Å². The van der Waals surface area contributed by atoms with Crippen molar-refractivity contribution >= 4 is 23.1 Å². The van der Waals surface area contributed by atoms with Crippen molar-refractivity contribution in [3.63, 3.8) is 0 Å². The summed E-state index contributed by atoms with van der Waals surface area (Å²) in [6.45, 7) is 0. The Labute approximate surface area is 122 Å². The molecule has 2 aliphatic rings. The largest absolute Gasteiger partial charge is 0.438 e. The maximum Gasteiger partial charge on any atom is 0.438 e. The van der Waals surface area contributed by atoms with Crippen LogP contribution in [0.2, 0.25) is 0 Å². The van der Waals surface area contributed by atoms with Gasteiger partial charge >= 0.3 is 6.18 Å². The van der Waals surface area contributed by atoms with Gasteiger partial charge in [0.15, 0.2) is 5.78 Å². The van der Waals surface area contributed by atoms with Gasteiger partial charge in [0.2, 0.25) is 10.9 Å². The quantitative estimate of drug-likeness (QED) is 0.816. The molecular formula is C13H10ClF3N3O+. The standard InChI is InChI=1S/C13H9ClF3N3O/c14-12-6-11(13(15,16)17)19-20(12)18-9-5-10(21)8-4-2-1-3-7(8)9/h1-4,6,9,18H,5H2/p+1. The summed E-state index contributed by atoms with van der Waals surface area (Å²) in [7, 11) is 0. The molecule has 1 aliphatic carbocycles. The lowest BCUT2D eigenvalue weighted by molar-refractivity contribution is -0.910. The van der Waals surface area contributed by atoms with E-state index in [0.717, 1.165) is 11.6 Å². The first-order chi connectivity index (χ1) is 9.86. The minimum Gasteiger partial charge on any atom is -0.294 e. The monoisotopic (exact) mass is 316 g/mol. The number of carbonyl (C=O) groups excluding carboxylic acids is 1. The van der Waals surface area contributed by atoms with Crippen LogP contribution in [0.5, 0.6) is 0 Å². The zero-order valence-corrected chi connectivity index (χ0v) is 11.3. The van der Waals surface area contributed by atoms with Crippen LogP contribution in [0.4, 0.5) is 13.2 Å². The number of Topliss-reactive ketones (excluding diaryl/α,β-unsaturated/α-hetero) is 1. The molecule has 0 aromatic heterocycles. The van der Waals surface area contributed by atoms with E-state index in [1.54, 1.807) is 24.3 Å². The predicted molar refractivity (Wildman–Crippen MR) is 69.7 cm³/mol. The highest BCUT2D eigenvalue weighted by Gasteiger charge is 2.43. The number of hydrogen-bond donors (Lipinski definition) is 2. The highest BCUT2D eigenvalue weighted by atomic mass is 35.5. The molecule has 4 nitrogen and oxygen atoms in total. The number of ketones is 1. The van der Waals surface area contributed by atoms with E-state index in [2.05, 4.69) is 10.5 Å². The Balaban J connectivity index is 1.82. The molecule has 0 spiro atoms. The molecule has 1 aromatic rings. The molecule has 1 aliphatic heterocycles. The molecule has 0 amide bonds. The fourth-order valence-corrected chi connectivity index (χ4v) is 2.60. The van der Waals surface area contributed by atoms with Crippen LogP contribution in [0.1, 0.15) is 28.4 Å². The molecule has 0 radical (unpaired) electrons. The third-order valence-electron chi connectivity index (χ3n) is 3.35. The molecule has 2 atom stereocenters. The summed E-state index contributed by atoms with van der Waals surface area (Å²) < 4.78 is 37.8. The van der Waals surface area contributed by atoms with E-state index in [-0.39, 0.29) is 22.5 Å². The first-order valence-corrected chi connectivity index (χ1v) is 6.53. The van der Waals surface area contributed by atoms with Gasteiger partial charge in [-0.25, -0.2) is 0 Å². The van der Waals surface area contributed by atoms with Crippen LogP contribution in [0.3, 0.4) is 0 Å². The van der Waals surface area contributed by atoms with Crippen molar-refractivity contribution in [1.82, 2.24) is 5.43 Å². The summed E-state index contributed by atoms with van der Waals surface area (Å²) in [6, 6.07) is 6.56. The number of nitrogens with zero attached hydrogens (tertiary/aromatic N) is 1. The molecule has 21 heavy (non-hydrogen) atoms. The van der Waals surface area contributed by atoms with Crippen molar-refractivity contribution in [2.45, 2.75) is 18.6 Å². The maximum atomic E-state index is 12.6. The zero-order chi connectivity index (χ0) is 15.2. The van der Waals surface area contributed by atoms with Gasteiger partial charge in [0.05, 0.1) is 12.1 Å². The lowest BCUT2D eigenvalue weighted by atomic mass is 10.1. The Morgan fingerprint density at radius 1 is 1.33 bits per heavy atom. The van der Waals surface area contributed by atoms with Gasteiger partial charge in [0.1, 0.15) is 0 Å². The zero-order valence-electron chi connectivity index (χ0n) is 10.5. The van der Waals surface area contributed by atoms with Gasteiger partial charge in [-0.3, -0.25) is 4.79 Å². The molecule has 1 aromatic carbocycles. The molecule has 2 unspecified atom stereocenters. The third-order valence-corrected chi connectivity index (χ3v) is 3.64. The summed E-state index contributed by atoms with van der Waals surface area (Å²) in [4.78, 5) is 11.8. The van der Waals surface area contributed by atoms with Gasteiger partial charge in [-0.15, -0.1) is 5.43 Å². The number of allylic oxidation sites excluding steroid dienone is 1. The van der Waals surface area contributed by atoms with Gasteiger partial charge in [-0.05, 0) is 17.2 Å². The van der Waals surface area contributed by atoms with E-state index in [1.165, 1.54) is 0 Å². The Bertz CT molecular complexity index is 669. The van der Waals surface area contributed by atoms with E-state index in [1.807, 2.05) is 0 Å². The van der Waals surface area contributed by atoms with E-state index in [4.69, 9.17) is 11.6 Å². The molecular weight excluding hydrogens is 307 g/mol. The van der Waals surface area contributed by atoms with Crippen molar-refractivity contribution in [2.75, 3.05) is 0 Å². The van der Waals surface area contributed by atoms with Crippen molar-refractivity contribution in [3.8, 4) is 0 Å². The molecule has 0 saturated carbocycles.